The molecule has 0 saturated carbocycles. The molecule has 0 fully saturated rings. The summed E-state index contributed by atoms with van der Waals surface area (Å²) in [5.74, 6) is 1.16. The fraction of sp³-hybridized carbons (Fsp3) is 0.500. The molecule has 0 heterocycles. The average Bonchev–Trinajstić information content (AvgIpc) is 2.28. The lowest BCUT2D eigenvalue weighted by Gasteiger charge is -2.07. The Balaban J connectivity index is 2.50. The highest BCUT2D eigenvalue weighted by Crippen LogP contribution is 2.20. The van der Waals surface area contributed by atoms with Crippen molar-refractivity contribution in [1.82, 2.24) is 0 Å². The second-order valence-electron chi connectivity index (χ2n) is 3.94. The summed E-state index contributed by atoms with van der Waals surface area (Å²) in [4.78, 5) is 10.3. The minimum atomic E-state index is -0.355. The van der Waals surface area contributed by atoms with Crippen LogP contribution in [0.4, 0.5) is 11.4 Å². The number of nitro benzene ring substituents is 1. The van der Waals surface area contributed by atoms with Gasteiger partial charge in [0.1, 0.15) is 0 Å². The lowest BCUT2D eigenvalue weighted by atomic mass is 10.2. The van der Waals surface area contributed by atoms with Crippen LogP contribution >= 0.6 is 11.8 Å². The molecule has 0 bridgehead atoms. The monoisotopic (exact) mass is 254 g/mol. The van der Waals surface area contributed by atoms with Gasteiger partial charge in [-0.25, -0.2) is 0 Å². The number of nitrogens with zero attached hydrogens (tertiary/aromatic N) is 1. The van der Waals surface area contributed by atoms with E-state index in [0.29, 0.717) is 0 Å². The Kier molecular flexibility index (Phi) is 5.83. The van der Waals surface area contributed by atoms with Gasteiger partial charge in [0, 0.05) is 24.4 Å². The zero-order chi connectivity index (χ0) is 12.7. The van der Waals surface area contributed by atoms with E-state index in [2.05, 4.69) is 11.6 Å². The Morgan fingerprint density at radius 1 is 1.35 bits per heavy atom. The van der Waals surface area contributed by atoms with E-state index in [4.69, 9.17) is 0 Å². The number of unbranched alkanes of at least 4 members (excludes halogenated alkanes) is 1. The molecule has 0 radical (unpaired) electrons. The molecule has 0 aromatic heterocycles. The predicted molar refractivity (Wildman–Crippen MR) is 73.9 cm³/mol. The molecule has 0 aliphatic heterocycles. The number of nitrogens with one attached hydrogen (secondary N) is 1. The molecule has 5 heteroatoms. The highest BCUT2D eigenvalue weighted by Gasteiger charge is 2.07. The molecule has 1 aromatic rings. The van der Waals surface area contributed by atoms with E-state index < -0.39 is 0 Å². The van der Waals surface area contributed by atoms with Crippen LogP contribution in [0.5, 0.6) is 0 Å². The molecule has 1 rings (SSSR count). The number of hydrogen-bond donors (Lipinski definition) is 1. The number of thioether (sulfide) groups is 1. The van der Waals surface area contributed by atoms with Gasteiger partial charge in [0.15, 0.2) is 0 Å². The van der Waals surface area contributed by atoms with E-state index in [1.807, 2.05) is 24.8 Å². The van der Waals surface area contributed by atoms with Gasteiger partial charge < -0.3 is 5.32 Å². The summed E-state index contributed by atoms with van der Waals surface area (Å²) in [5.41, 5.74) is 1.89. The topological polar surface area (TPSA) is 55.2 Å². The van der Waals surface area contributed by atoms with E-state index in [-0.39, 0.29) is 10.6 Å². The van der Waals surface area contributed by atoms with Gasteiger partial charge in [-0.2, -0.15) is 11.8 Å². The molecule has 0 unspecified atom stereocenters. The number of aryl methyl sites for hydroxylation is 1. The first-order valence-corrected chi connectivity index (χ1v) is 7.02. The Labute approximate surface area is 106 Å². The molecule has 1 aromatic carbocycles. The van der Waals surface area contributed by atoms with Crippen molar-refractivity contribution < 1.29 is 4.92 Å². The fourth-order valence-electron chi connectivity index (χ4n) is 1.57. The molecule has 0 atom stereocenters. The van der Waals surface area contributed by atoms with Crippen molar-refractivity contribution >= 4 is 23.1 Å². The van der Waals surface area contributed by atoms with E-state index in [9.17, 15) is 10.1 Å². The van der Waals surface area contributed by atoms with Gasteiger partial charge in [-0.3, -0.25) is 10.1 Å². The Bertz CT molecular complexity index is 383. The van der Waals surface area contributed by atoms with E-state index in [0.717, 1.165) is 30.0 Å². The van der Waals surface area contributed by atoms with Crippen LogP contribution in [0.3, 0.4) is 0 Å². The van der Waals surface area contributed by atoms with Gasteiger partial charge >= 0.3 is 0 Å². The van der Waals surface area contributed by atoms with Crippen molar-refractivity contribution in [3.05, 3.63) is 33.9 Å². The van der Waals surface area contributed by atoms with Crippen LogP contribution in [0.1, 0.15) is 18.4 Å². The largest absolute Gasteiger partial charge is 0.385 e. The first-order valence-electron chi connectivity index (χ1n) is 5.62. The number of non-ortho nitro benzene ring substituents is 1. The quantitative estimate of drug-likeness (QED) is 0.460. The molecule has 94 valence electrons. The van der Waals surface area contributed by atoms with Gasteiger partial charge in [0.2, 0.25) is 0 Å². The third kappa shape index (κ3) is 5.08. The van der Waals surface area contributed by atoms with Crippen LogP contribution < -0.4 is 5.32 Å². The third-order valence-electron chi connectivity index (χ3n) is 2.38. The maximum Gasteiger partial charge on any atom is 0.271 e. The van der Waals surface area contributed by atoms with Crippen LogP contribution in [-0.4, -0.2) is 23.5 Å². The van der Waals surface area contributed by atoms with Crippen LogP contribution in [-0.2, 0) is 0 Å². The number of rotatable bonds is 7. The fourth-order valence-corrected chi connectivity index (χ4v) is 2.07. The van der Waals surface area contributed by atoms with Gasteiger partial charge in [0.25, 0.3) is 5.69 Å². The summed E-state index contributed by atoms with van der Waals surface area (Å²) in [6, 6.07) is 5.10. The van der Waals surface area contributed by atoms with E-state index in [1.165, 1.54) is 6.42 Å². The van der Waals surface area contributed by atoms with Crippen LogP contribution in [0, 0.1) is 17.0 Å². The summed E-state index contributed by atoms with van der Waals surface area (Å²) < 4.78 is 0. The molecular formula is C12H18N2O2S. The van der Waals surface area contributed by atoms with Crippen molar-refractivity contribution in [2.45, 2.75) is 19.8 Å². The van der Waals surface area contributed by atoms with E-state index >= 15 is 0 Å². The second-order valence-corrected chi connectivity index (χ2v) is 4.93. The number of anilines is 1. The summed E-state index contributed by atoms with van der Waals surface area (Å²) in [5, 5.41) is 13.9. The Morgan fingerprint density at radius 3 is 2.76 bits per heavy atom. The second kappa shape index (κ2) is 7.17. The maximum absolute atomic E-state index is 10.7. The zero-order valence-electron chi connectivity index (χ0n) is 10.2. The highest BCUT2D eigenvalue weighted by molar-refractivity contribution is 7.98. The average molecular weight is 254 g/mol. The van der Waals surface area contributed by atoms with E-state index in [1.54, 1.807) is 12.1 Å². The van der Waals surface area contributed by atoms with Crippen LogP contribution in [0.2, 0.25) is 0 Å². The summed E-state index contributed by atoms with van der Waals surface area (Å²) in [6.07, 6.45) is 4.35. The standard InChI is InChI=1S/C12H18N2O2S/c1-10-7-11(9-12(8-10)14(15)16)13-5-3-4-6-17-2/h7-9,13H,3-6H2,1-2H3. The first-order chi connectivity index (χ1) is 8.13. The molecule has 0 aliphatic carbocycles. The molecule has 0 amide bonds. The van der Waals surface area contributed by atoms with Gasteiger partial charge in [-0.05, 0) is 43.4 Å². The van der Waals surface area contributed by atoms with Crippen LogP contribution in [0.25, 0.3) is 0 Å². The molecule has 0 aliphatic rings. The van der Waals surface area contributed by atoms with Crippen molar-refractivity contribution in [3.8, 4) is 0 Å². The lowest BCUT2D eigenvalue weighted by Crippen LogP contribution is -2.02. The molecule has 0 spiro atoms. The van der Waals surface area contributed by atoms with Crippen molar-refractivity contribution in [3.63, 3.8) is 0 Å². The zero-order valence-corrected chi connectivity index (χ0v) is 11.0. The number of benzene rings is 1. The third-order valence-corrected chi connectivity index (χ3v) is 3.07. The van der Waals surface area contributed by atoms with Crippen molar-refractivity contribution in [2.75, 3.05) is 23.9 Å². The van der Waals surface area contributed by atoms with Gasteiger partial charge in [-0.15, -0.1) is 0 Å². The predicted octanol–water partition coefficient (Wildman–Crippen LogP) is 3.46. The minimum absolute atomic E-state index is 0.150. The summed E-state index contributed by atoms with van der Waals surface area (Å²) in [6.45, 7) is 2.73. The molecule has 1 N–H and O–H groups in total. The minimum Gasteiger partial charge on any atom is -0.385 e. The number of hydrogen-bond acceptors (Lipinski definition) is 4. The van der Waals surface area contributed by atoms with Gasteiger partial charge in [0.05, 0.1) is 4.92 Å². The smallest absolute Gasteiger partial charge is 0.271 e. The first kappa shape index (κ1) is 13.8. The number of nitro groups is 1. The van der Waals surface area contributed by atoms with Gasteiger partial charge in [-0.1, -0.05) is 0 Å². The molecule has 0 saturated heterocycles. The summed E-state index contributed by atoms with van der Waals surface area (Å²) in [7, 11) is 0. The van der Waals surface area contributed by atoms with Crippen molar-refractivity contribution in [2.24, 2.45) is 0 Å². The summed E-state index contributed by atoms with van der Waals surface area (Å²) >= 11 is 1.84. The lowest BCUT2D eigenvalue weighted by molar-refractivity contribution is -0.384. The Hall–Kier alpha value is -1.23. The highest BCUT2D eigenvalue weighted by atomic mass is 32.2. The molecule has 17 heavy (non-hydrogen) atoms. The SMILES string of the molecule is CSCCCCNc1cc(C)cc([N+](=O)[O-])c1. The maximum atomic E-state index is 10.7. The molecular weight excluding hydrogens is 236 g/mol. The van der Waals surface area contributed by atoms with Crippen LogP contribution in [0.15, 0.2) is 18.2 Å². The Morgan fingerprint density at radius 2 is 2.12 bits per heavy atom. The normalized spacial score (nSPS) is 10.2. The van der Waals surface area contributed by atoms with Crippen molar-refractivity contribution in [1.29, 1.82) is 0 Å². The molecule has 4 nitrogen and oxygen atoms in total.